The van der Waals surface area contributed by atoms with Gasteiger partial charge in [0.2, 0.25) is 0 Å². The van der Waals surface area contributed by atoms with Crippen LogP contribution < -0.4 is 5.32 Å². The highest BCUT2D eigenvalue weighted by molar-refractivity contribution is 7.09. The van der Waals surface area contributed by atoms with E-state index in [0.717, 1.165) is 16.4 Å². The van der Waals surface area contributed by atoms with Crippen LogP contribution in [0, 0.1) is 6.92 Å². The van der Waals surface area contributed by atoms with E-state index in [1.54, 1.807) is 17.4 Å². The Bertz CT molecular complexity index is 539. The maximum atomic E-state index is 10.7. The third-order valence-corrected chi connectivity index (χ3v) is 2.94. The number of carboxylic acids is 1. The summed E-state index contributed by atoms with van der Waals surface area (Å²) >= 11 is 1.59. The molecule has 88 valence electrons. The Morgan fingerprint density at radius 1 is 1.59 bits per heavy atom. The molecule has 5 nitrogen and oxygen atoms in total. The van der Waals surface area contributed by atoms with Crippen LogP contribution in [0.1, 0.15) is 21.2 Å². The van der Waals surface area contributed by atoms with Crippen molar-refractivity contribution >= 4 is 23.0 Å². The topological polar surface area (TPSA) is 75.1 Å². The van der Waals surface area contributed by atoms with Crippen LogP contribution in [0.5, 0.6) is 0 Å². The molecule has 0 spiro atoms. The van der Waals surface area contributed by atoms with Gasteiger partial charge in [0, 0.05) is 17.3 Å². The Morgan fingerprint density at radius 3 is 3.06 bits per heavy atom. The first-order valence-electron chi connectivity index (χ1n) is 4.99. The molecule has 2 aromatic rings. The van der Waals surface area contributed by atoms with E-state index in [4.69, 9.17) is 5.11 Å². The van der Waals surface area contributed by atoms with E-state index in [2.05, 4.69) is 15.3 Å². The summed E-state index contributed by atoms with van der Waals surface area (Å²) in [5, 5.41) is 14.9. The lowest BCUT2D eigenvalue weighted by atomic mass is 10.3. The van der Waals surface area contributed by atoms with Crippen LogP contribution in [0.2, 0.25) is 0 Å². The molecule has 0 aliphatic carbocycles. The van der Waals surface area contributed by atoms with E-state index in [1.165, 1.54) is 12.3 Å². The molecule has 2 aromatic heterocycles. The lowest BCUT2D eigenvalue weighted by molar-refractivity contribution is 0.0690. The molecule has 0 aliphatic rings. The molecule has 6 heteroatoms. The average molecular weight is 249 g/mol. The van der Waals surface area contributed by atoms with Crippen molar-refractivity contribution in [2.75, 3.05) is 5.32 Å². The second-order valence-electron chi connectivity index (χ2n) is 3.45. The molecule has 0 aromatic carbocycles. The summed E-state index contributed by atoms with van der Waals surface area (Å²) in [7, 11) is 0. The van der Waals surface area contributed by atoms with E-state index in [9.17, 15) is 4.79 Å². The van der Waals surface area contributed by atoms with Gasteiger partial charge in [0.15, 0.2) is 0 Å². The Hall–Kier alpha value is -1.95. The molecule has 0 saturated carbocycles. The number of rotatable bonds is 4. The zero-order valence-electron chi connectivity index (χ0n) is 9.17. The molecular formula is C11H11N3O2S. The molecule has 0 fully saturated rings. The number of anilines is 1. The zero-order chi connectivity index (χ0) is 12.3. The van der Waals surface area contributed by atoms with E-state index in [-0.39, 0.29) is 5.69 Å². The minimum Gasteiger partial charge on any atom is -0.477 e. The quantitative estimate of drug-likeness (QED) is 0.868. The predicted octanol–water partition coefficient (Wildman–Crippen LogP) is 2.16. The fraction of sp³-hybridized carbons (Fsp3) is 0.182. The van der Waals surface area contributed by atoms with Crippen molar-refractivity contribution in [1.29, 1.82) is 0 Å². The molecule has 0 amide bonds. The fourth-order valence-corrected chi connectivity index (χ4v) is 1.95. The summed E-state index contributed by atoms with van der Waals surface area (Å²) in [5.74, 6) is -1.03. The summed E-state index contributed by atoms with van der Waals surface area (Å²) in [4.78, 5) is 18.8. The summed E-state index contributed by atoms with van der Waals surface area (Å²) < 4.78 is 0. The van der Waals surface area contributed by atoms with Crippen molar-refractivity contribution in [3.05, 3.63) is 40.1 Å². The second-order valence-corrected chi connectivity index (χ2v) is 4.51. The zero-order valence-corrected chi connectivity index (χ0v) is 9.99. The molecule has 2 heterocycles. The summed E-state index contributed by atoms with van der Waals surface area (Å²) in [5.41, 5.74) is 1.70. The number of aryl methyl sites for hydroxylation is 1. The first-order chi connectivity index (χ1) is 8.15. The van der Waals surface area contributed by atoms with Gasteiger partial charge >= 0.3 is 5.97 Å². The van der Waals surface area contributed by atoms with Gasteiger partial charge in [0.1, 0.15) is 5.69 Å². The highest BCUT2D eigenvalue weighted by Crippen LogP contribution is 2.12. The summed E-state index contributed by atoms with van der Waals surface area (Å²) in [6.07, 6.45) is 1.47. The number of hydrogen-bond acceptors (Lipinski definition) is 5. The van der Waals surface area contributed by atoms with Crippen molar-refractivity contribution in [3.63, 3.8) is 0 Å². The summed E-state index contributed by atoms with van der Waals surface area (Å²) in [6, 6.07) is 3.23. The molecule has 2 N–H and O–H groups in total. The van der Waals surface area contributed by atoms with Gasteiger partial charge in [-0.15, -0.1) is 11.3 Å². The Balaban J connectivity index is 2.04. The number of aromatic carboxylic acids is 1. The minimum absolute atomic E-state index is 0.0319. The van der Waals surface area contributed by atoms with Gasteiger partial charge in [-0.1, -0.05) is 0 Å². The van der Waals surface area contributed by atoms with Crippen LogP contribution >= 0.6 is 11.3 Å². The van der Waals surface area contributed by atoms with E-state index >= 15 is 0 Å². The predicted molar refractivity (Wildman–Crippen MR) is 65.4 cm³/mol. The SMILES string of the molecule is Cc1nc(CNc2ccnc(C(=O)O)c2)cs1. The highest BCUT2D eigenvalue weighted by Gasteiger charge is 2.05. The van der Waals surface area contributed by atoms with Gasteiger partial charge in [-0.05, 0) is 19.1 Å². The van der Waals surface area contributed by atoms with E-state index in [1.807, 2.05) is 12.3 Å². The number of pyridine rings is 1. The molecule has 2 rings (SSSR count). The van der Waals surface area contributed by atoms with Crippen molar-refractivity contribution in [2.45, 2.75) is 13.5 Å². The van der Waals surface area contributed by atoms with E-state index in [0.29, 0.717) is 6.54 Å². The fourth-order valence-electron chi connectivity index (χ4n) is 1.34. The smallest absolute Gasteiger partial charge is 0.354 e. The first kappa shape index (κ1) is 11.5. The van der Waals surface area contributed by atoms with Gasteiger partial charge in [0.05, 0.1) is 17.2 Å². The van der Waals surface area contributed by atoms with Gasteiger partial charge in [0.25, 0.3) is 0 Å². The normalized spacial score (nSPS) is 10.2. The number of carboxylic acid groups (broad SMARTS) is 1. The lowest BCUT2D eigenvalue weighted by Crippen LogP contribution is -2.04. The number of aromatic nitrogens is 2. The maximum absolute atomic E-state index is 10.7. The molecule has 0 atom stereocenters. The van der Waals surface area contributed by atoms with E-state index < -0.39 is 5.97 Å². The standard InChI is InChI=1S/C11H11N3O2S/c1-7-14-9(6-17-7)5-13-8-2-3-12-10(4-8)11(15)16/h2-4,6H,5H2,1H3,(H,12,13)(H,15,16). The van der Waals surface area contributed by atoms with Crippen LogP contribution in [0.4, 0.5) is 5.69 Å². The lowest BCUT2D eigenvalue weighted by Gasteiger charge is -2.04. The first-order valence-corrected chi connectivity index (χ1v) is 5.87. The Kier molecular flexibility index (Phi) is 3.34. The Labute approximate surface area is 102 Å². The molecule has 0 radical (unpaired) electrons. The number of nitrogens with one attached hydrogen (secondary N) is 1. The number of hydrogen-bond donors (Lipinski definition) is 2. The largest absolute Gasteiger partial charge is 0.477 e. The number of carbonyl (C=O) groups is 1. The van der Waals surface area contributed by atoms with Gasteiger partial charge in [-0.2, -0.15) is 0 Å². The highest BCUT2D eigenvalue weighted by atomic mass is 32.1. The molecule has 17 heavy (non-hydrogen) atoms. The van der Waals surface area contributed by atoms with Gasteiger partial charge in [-0.25, -0.2) is 14.8 Å². The van der Waals surface area contributed by atoms with Crippen molar-refractivity contribution in [2.24, 2.45) is 0 Å². The second kappa shape index (κ2) is 4.92. The van der Waals surface area contributed by atoms with Crippen LogP contribution in [0.3, 0.4) is 0 Å². The minimum atomic E-state index is -1.03. The third kappa shape index (κ3) is 3.01. The van der Waals surface area contributed by atoms with Crippen molar-refractivity contribution in [1.82, 2.24) is 9.97 Å². The number of thiazole rings is 1. The monoisotopic (exact) mass is 249 g/mol. The molecule has 0 saturated heterocycles. The van der Waals surface area contributed by atoms with Crippen molar-refractivity contribution < 1.29 is 9.90 Å². The molecular weight excluding hydrogens is 238 g/mol. The van der Waals surface area contributed by atoms with Crippen LogP contribution in [0.25, 0.3) is 0 Å². The molecule has 0 bridgehead atoms. The van der Waals surface area contributed by atoms with Gasteiger partial charge < -0.3 is 10.4 Å². The Morgan fingerprint density at radius 2 is 2.41 bits per heavy atom. The third-order valence-electron chi connectivity index (χ3n) is 2.12. The maximum Gasteiger partial charge on any atom is 0.354 e. The average Bonchev–Trinajstić information content (AvgIpc) is 2.73. The number of nitrogens with zero attached hydrogens (tertiary/aromatic N) is 2. The van der Waals surface area contributed by atoms with Crippen LogP contribution in [-0.2, 0) is 6.54 Å². The van der Waals surface area contributed by atoms with Crippen LogP contribution in [-0.4, -0.2) is 21.0 Å². The molecule has 0 aliphatic heterocycles. The van der Waals surface area contributed by atoms with Gasteiger partial charge in [-0.3, -0.25) is 0 Å². The molecule has 0 unspecified atom stereocenters. The van der Waals surface area contributed by atoms with Crippen LogP contribution in [0.15, 0.2) is 23.7 Å². The summed E-state index contributed by atoms with van der Waals surface area (Å²) in [6.45, 7) is 2.52. The van der Waals surface area contributed by atoms with Crippen molar-refractivity contribution in [3.8, 4) is 0 Å².